The molecule has 1 aromatic carbocycles. The summed E-state index contributed by atoms with van der Waals surface area (Å²) in [4.78, 5) is 0. The smallest absolute Gasteiger partial charge is 0.123 e. The lowest BCUT2D eigenvalue weighted by Gasteiger charge is -2.22. The van der Waals surface area contributed by atoms with Crippen molar-refractivity contribution in [1.82, 2.24) is 5.32 Å². The zero-order valence-electron chi connectivity index (χ0n) is 12.5. The summed E-state index contributed by atoms with van der Waals surface area (Å²) in [5, 5.41) is 3.55. The van der Waals surface area contributed by atoms with E-state index in [1.165, 1.54) is 0 Å². The third kappa shape index (κ3) is 4.60. The van der Waals surface area contributed by atoms with E-state index >= 15 is 0 Å². The van der Waals surface area contributed by atoms with E-state index in [0.29, 0.717) is 0 Å². The van der Waals surface area contributed by atoms with Crippen LogP contribution in [-0.2, 0) is 0 Å². The Hall–Kier alpha value is -1.48. The van der Waals surface area contributed by atoms with Gasteiger partial charge in [0.25, 0.3) is 0 Å². The third-order valence-electron chi connectivity index (χ3n) is 3.01. The van der Waals surface area contributed by atoms with Crippen LogP contribution in [0.5, 0.6) is 11.5 Å². The number of nitrogens with one attached hydrogen (secondary N) is 1. The quantitative estimate of drug-likeness (QED) is 0.725. The lowest BCUT2D eigenvalue weighted by molar-refractivity contribution is 0.388. The molecule has 0 saturated heterocycles. The van der Waals surface area contributed by atoms with E-state index < -0.39 is 0 Å². The van der Waals surface area contributed by atoms with Crippen molar-refractivity contribution < 1.29 is 9.47 Å². The van der Waals surface area contributed by atoms with Crippen LogP contribution >= 0.6 is 0 Å². The molecule has 0 amide bonds. The van der Waals surface area contributed by atoms with Crippen LogP contribution in [0.1, 0.15) is 38.3 Å². The summed E-state index contributed by atoms with van der Waals surface area (Å²) in [6, 6.07) is 6.12. The molecule has 0 saturated carbocycles. The second-order valence-electron chi connectivity index (χ2n) is 4.78. The van der Waals surface area contributed by atoms with Gasteiger partial charge >= 0.3 is 0 Å². The number of benzene rings is 1. The Balaban J connectivity index is 3.06. The fourth-order valence-corrected chi connectivity index (χ4v) is 2.07. The van der Waals surface area contributed by atoms with Gasteiger partial charge < -0.3 is 14.8 Å². The maximum absolute atomic E-state index is 5.46. The topological polar surface area (TPSA) is 30.5 Å². The van der Waals surface area contributed by atoms with Crippen molar-refractivity contribution in [3.8, 4) is 11.5 Å². The minimum Gasteiger partial charge on any atom is -0.497 e. The van der Waals surface area contributed by atoms with Crippen LogP contribution in [0.3, 0.4) is 0 Å². The van der Waals surface area contributed by atoms with E-state index in [2.05, 4.69) is 18.8 Å². The molecular weight excluding hydrogens is 238 g/mol. The lowest BCUT2D eigenvalue weighted by atomic mass is 9.99. The molecule has 0 bridgehead atoms. The highest BCUT2D eigenvalue weighted by Gasteiger charge is 2.16. The van der Waals surface area contributed by atoms with Gasteiger partial charge in [0.1, 0.15) is 11.5 Å². The van der Waals surface area contributed by atoms with Crippen molar-refractivity contribution in [1.29, 1.82) is 0 Å². The number of rotatable bonds is 8. The molecule has 1 unspecified atom stereocenters. The first-order valence-electron chi connectivity index (χ1n) is 6.72. The molecule has 0 aliphatic carbocycles. The molecule has 3 heteroatoms. The summed E-state index contributed by atoms with van der Waals surface area (Å²) in [6.45, 7) is 9.19. The standard InChI is InChI=1S/C16H25NO2/c1-6-9-17-15(10-12(2)3)14-11-13(18-4)7-8-16(14)19-5/h7-8,11,15,17H,2,6,9-10H2,1,3-5H3. The minimum absolute atomic E-state index is 0.211. The molecule has 0 aliphatic rings. The van der Waals surface area contributed by atoms with Gasteiger partial charge in [-0.25, -0.2) is 0 Å². The van der Waals surface area contributed by atoms with Gasteiger partial charge in [-0.2, -0.15) is 0 Å². The zero-order chi connectivity index (χ0) is 14.3. The monoisotopic (exact) mass is 263 g/mol. The Bertz CT molecular complexity index is 415. The second kappa shape index (κ2) is 7.85. The highest BCUT2D eigenvalue weighted by atomic mass is 16.5. The molecule has 3 nitrogen and oxygen atoms in total. The fourth-order valence-electron chi connectivity index (χ4n) is 2.07. The van der Waals surface area contributed by atoms with E-state index in [0.717, 1.165) is 42.0 Å². The Morgan fingerprint density at radius 3 is 2.58 bits per heavy atom. The normalized spacial score (nSPS) is 12.0. The van der Waals surface area contributed by atoms with Crippen LogP contribution in [0.15, 0.2) is 30.4 Å². The molecule has 0 aliphatic heterocycles. The Kier molecular flexibility index (Phi) is 6.43. The average Bonchev–Trinajstić information content (AvgIpc) is 2.42. The van der Waals surface area contributed by atoms with Crippen LogP contribution in [0, 0.1) is 0 Å². The molecule has 1 rings (SSSR count). The highest BCUT2D eigenvalue weighted by molar-refractivity contribution is 5.42. The van der Waals surface area contributed by atoms with Gasteiger partial charge in [-0.1, -0.05) is 12.5 Å². The molecule has 0 fully saturated rings. The van der Waals surface area contributed by atoms with Crippen LogP contribution in [0.2, 0.25) is 0 Å². The molecule has 1 atom stereocenters. The lowest BCUT2D eigenvalue weighted by Crippen LogP contribution is -2.23. The Morgan fingerprint density at radius 1 is 1.32 bits per heavy atom. The van der Waals surface area contributed by atoms with Crippen molar-refractivity contribution >= 4 is 0 Å². The molecular formula is C16H25NO2. The van der Waals surface area contributed by atoms with Gasteiger partial charge in [0.05, 0.1) is 14.2 Å². The number of hydrogen-bond donors (Lipinski definition) is 1. The highest BCUT2D eigenvalue weighted by Crippen LogP contribution is 2.32. The van der Waals surface area contributed by atoms with Gasteiger partial charge in [0.2, 0.25) is 0 Å². The number of hydrogen-bond acceptors (Lipinski definition) is 3. The molecule has 0 spiro atoms. The van der Waals surface area contributed by atoms with Crippen LogP contribution in [0.25, 0.3) is 0 Å². The third-order valence-corrected chi connectivity index (χ3v) is 3.01. The van der Waals surface area contributed by atoms with Crippen molar-refractivity contribution in [3.05, 3.63) is 35.9 Å². The molecule has 106 valence electrons. The maximum Gasteiger partial charge on any atom is 0.123 e. The zero-order valence-corrected chi connectivity index (χ0v) is 12.5. The first-order chi connectivity index (χ1) is 9.12. The maximum atomic E-state index is 5.46. The minimum atomic E-state index is 0.211. The van der Waals surface area contributed by atoms with E-state index in [9.17, 15) is 0 Å². The van der Waals surface area contributed by atoms with Gasteiger partial charge in [-0.15, -0.1) is 6.58 Å². The number of ether oxygens (including phenoxy) is 2. The van der Waals surface area contributed by atoms with Crippen LogP contribution in [-0.4, -0.2) is 20.8 Å². The van der Waals surface area contributed by atoms with Gasteiger partial charge in [0, 0.05) is 11.6 Å². The summed E-state index contributed by atoms with van der Waals surface area (Å²) in [5.74, 6) is 1.73. The molecule has 1 N–H and O–H groups in total. The first kappa shape index (κ1) is 15.6. The molecule has 0 heterocycles. The van der Waals surface area contributed by atoms with E-state index in [-0.39, 0.29) is 6.04 Å². The fraction of sp³-hybridized carbons (Fsp3) is 0.500. The van der Waals surface area contributed by atoms with Gasteiger partial charge in [0.15, 0.2) is 0 Å². The molecule has 1 aromatic rings. The van der Waals surface area contributed by atoms with Crippen molar-refractivity contribution in [3.63, 3.8) is 0 Å². The van der Waals surface area contributed by atoms with Crippen molar-refractivity contribution in [2.75, 3.05) is 20.8 Å². The number of methoxy groups -OCH3 is 2. The second-order valence-corrected chi connectivity index (χ2v) is 4.78. The van der Waals surface area contributed by atoms with E-state index in [1.807, 2.05) is 25.1 Å². The summed E-state index contributed by atoms with van der Waals surface area (Å²) in [7, 11) is 3.38. The summed E-state index contributed by atoms with van der Waals surface area (Å²) in [5.41, 5.74) is 2.27. The summed E-state index contributed by atoms with van der Waals surface area (Å²) < 4.78 is 10.8. The van der Waals surface area contributed by atoms with Crippen molar-refractivity contribution in [2.24, 2.45) is 0 Å². The van der Waals surface area contributed by atoms with E-state index in [1.54, 1.807) is 14.2 Å². The summed E-state index contributed by atoms with van der Waals surface area (Å²) in [6.07, 6.45) is 1.99. The SMILES string of the molecule is C=C(C)CC(NCCC)c1cc(OC)ccc1OC. The Morgan fingerprint density at radius 2 is 2.05 bits per heavy atom. The van der Waals surface area contributed by atoms with Gasteiger partial charge in [-0.3, -0.25) is 0 Å². The van der Waals surface area contributed by atoms with E-state index in [4.69, 9.17) is 9.47 Å². The van der Waals surface area contributed by atoms with Crippen LogP contribution < -0.4 is 14.8 Å². The first-order valence-corrected chi connectivity index (χ1v) is 6.72. The van der Waals surface area contributed by atoms with Gasteiger partial charge in [-0.05, 0) is 44.5 Å². The largest absolute Gasteiger partial charge is 0.497 e. The molecule has 0 radical (unpaired) electrons. The average molecular weight is 263 g/mol. The van der Waals surface area contributed by atoms with Crippen LogP contribution in [0.4, 0.5) is 0 Å². The summed E-state index contributed by atoms with van der Waals surface area (Å²) >= 11 is 0. The molecule has 19 heavy (non-hydrogen) atoms. The van der Waals surface area contributed by atoms with Crippen molar-refractivity contribution in [2.45, 2.75) is 32.7 Å². The predicted octanol–water partition coefficient (Wildman–Crippen LogP) is 3.71. The predicted molar refractivity (Wildman–Crippen MR) is 80.0 cm³/mol. The molecule has 0 aromatic heterocycles. The Labute approximate surface area is 116 Å².